The standard InChI is InChI=1S/C18H28N4O4/c1-3-26-18(24)22-10-7-15(8-11-22)21-17(23)14-5-6-16(20-13-14)19-9-4-12-25-2/h5-6,13,15H,3-4,7-12H2,1-2H3,(H,19,20)(H,21,23). The number of carbonyl (C=O) groups excluding carboxylic acids is 2. The highest BCUT2D eigenvalue weighted by molar-refractivity contribution is 5.94. The lowest BCUT2D eigenvalue weighted by molar-refractivity contribution is 0.0860. The Morgan fingerprint density at radius 1 is 1.31 bits per heavy atom. The zero-order valence-corrected chi connectivity index (χ0v) is 15.5. The number of anilines is 1. The summed E-state index contributed by atoms with van der Waals surface area (Å²) >= 11 is 0. The third-order valence-electron chi connectivity index (χ3n) is 4.21. The summed E-state index contributed by atoms with van der Waals surface area (Å²) in [5.41, 5.74) is 0.528. The first-order valence-electron chi connectivity index (χ1n) is 9.05. The number of amides is 2. The molecule has 8 heteroatoms. The molecule has 1 aliphatic heterocycles. The molecule has 0 radical (unpaired) electrons. The minimum absolute atomic E-state index is 0.0556. The summed E-state index contributed by atoms with van der Waals surface area (Å²) in [6, 6.07) is 3.61. The quantitative estimate of drug-likeness (QED) is 0.684. The lowest BCUT2D eigenvalue weighted by Crippen LogP contribution is -2.46. The zero-order chi connectivity index (χ0) is 18.8. The monoisotopic (exact) mass is 364 g/mol. The highest BCUT2D eigenvalue weighted by atomic mass is 16.6. The maximum atomic E-state index is 12.3. The van der Waals surface area contributed by atoms with Crippen LogP contribution in [0.3, 0.4) is 0 Å². The Morgan fingerprint density at radius 3 is 2.69 bits per heavy atom. The fourth-order valence-electron chi connectivity index (χ4n) is 2.76. The van der Waals surface area contributed by atoms with Gasteiger partial charge in [0.1, 0.15) is 5.82 Å². The largest absolute Gasteiger partial charge is 0.450 e. The van der Waals surface area contributed by atoms with Crippen molar-refractivity contribution in [1.82, 2.24) is 15.2 Å². The number of rotatable bonds is 8. The summed E-state index contributed by atoms with van der Waals surface area (Å²) < 4.78 is 9.99. The van der Waals surface area contributed by atoms with Gasteiger partial charge in [0, 0.05) is 45.6 Å². The van der Waals surface area contributed by atoms with Gasteiger partial charge in [0.05, 0.1) is 12.2 Å². The van der Waals surface area contributed by atoms with E-state index in [1.807, 2.05) is 0 Å². The average Bonchev–Trinajstić information content (AvgIpc) is 2.66. The predicted molar refractivity (Wildman–Crippen MR) is 98.3 cm³/mol. The lowest BCUT2D eigenvalue weighted by atomic mass is 10.0. The number of ether oxygens (including phenoxy) is 2. The highest BCUT2D eigenvalue weighted by Crippen LogP contribution is 2.13. The minimum Gasteiger partial charge on any atom is -0.450 e. The van der Waals surface area contributed by atoms with Crippen molar-refractivity contribution in [3.05, 3.63) is 23.9 Å². The van der Waals surface area contributed by atoms with Crippen LogP contribution in [-0.2, 0) is 9.47 Å². The Labute approximate surface area is 154 Å². The number of hydrogen-bond acceptors (Lipinski definition) is 6. The molecule has 0 unspecified atom stereocenters. The van der Waals surface area contributed by atoms with Gasteiger partial charge in [0.2, 0.25) is 0 Å². The number of nitrogens with zero attached hydrogens (tertiary/aromatic N) is 2. The first kappa shape index (κ1) is 20.0. The molecule has 2 amide bonds. The first-order valence-corrected chi connectivity index (χ1v) is 9.05. The molecule has 1 saturated heterocycles. The van der Waals surface area contributed by atoms with Gasteiger partial charge in [-0.1, -0.05) is 0 Å². The number of pyridine rings is 1. The number of carbonyl (C=O) groups is 2. The SMILES string of the molecule is CCOC(=O)N1CCC(NC(=O)c2ccc(NCCCOC)nc2)CC1. The summed E-state index contributed by atoms with van der Waals surface area (Å²) in [6.07, 6.45) is 3.62. The maximum absolute atomic E-state index is 12.3. The van der Waals surface area contributed by atoms with Gasteiger partial charge in [-0.05, 0) is 38.3 Å². The fourth-order valence-corrected chi connectivity index (χ4v) is 2.76. The normalized spacial score (nSPS) is 14.8. The van der Waals surface area contributed by atoms with E-state index in [-0.39, 0.29) is 18.0 Å². The number of methoxy groups -OCH3 is 1. The molecule has 2 heterocycles. The predicted octanol–water partition coefficient (Wildman–Crippen LogP) is 1.88. The molecule has 0 atom stereocenters. The van der Waals surface area contributed by atoms with Crippen LogP contribution in [0.4, 0.5) is 10.6 Å². The highest BCUT2D eigenvalue weighted by Gasteiger charge is 2.24. The second-order valence-electron chi connectivity index (χ2n) is 6.14. The molecular weight excluding hydrogens is 336 g/mol. The smallest absolute Gasteiger partial charge is 0.409 e. The fraction of sp³-hybridized carbons (Fsp3) is 0.611. The molecule has 0 aromatic carbocycles. The number of nitrogens with one attached hydrogen (secondary N) is 2. The summed E-state index contributed by atoms with van der Waals surface area (Å²) in [5.74, 6) is 0.596. The molecule has 2 rings (SSSR count). The summed E-state index contributed by atoms with van der Waals surface area (Å²) in [7, 11) is 1.67. The Balaban J connectivity index is 1.75. The van der Waals surface area contributed by atoms with E-state index < -0.39 is 0 Å². The summed E-state index contributed by atoms with van der Waals surface area (Å²) in [6.45, 7) is 4.81. The molecule has 0 aliphatic carbocycles. The second kappa shape index (κ2) is 10.6. The van der Waals surface area contributed by atoms with E-state index in [0.717, 1.165) is 31.6 Å². The van der Waals surface area contributed by atoms with E-state index in [0.29, 0.717) is 31.9 Å². The molecule has 0 saturated carbocycles. The van der Waals surface area contributed by atoms with Crippen LogP contribution < -0.4 is 10.6 Å². The molecule has 1 aliphatic rings. The van der Waals surface area contributed by atoms with Crippen molar-refractivity contribution < 1.29 is 19.1 Å². The van der Waals surface area contributed by atoms with Crippen LogP contribution in [0, 0.1) is 0 Å². The van der Waals surface area contributed by atoms with Crippen LogP contribution in [0.15, 0.2) is 18.3 Å². The molecule has 26 heavy (non-hydrogen) atoms. The van der Waals surface area contributed by atoms with Crippen LogP contribution in [0.25, 0.3) is 0 Å². The lowest BCUT2D eigenvalue weighted by Gasteiger charge is -2.31. The number of likely N-dealkylation sites (tertiary alicyclic amines) is 1. The first-order chi connectivity index (χ1) is 12.6. The summed E-state index contributed by atoms with van der Waals surface area (Å²) in [4.78, 5) is 30.0. The Morgan fingerprint density at radius 2 is 2.08 bits per heavy atom. The van der Waals surface area contributed by atoms with Crippen molar-refractivity contribution >= 4 is 17.8 Å². The van der Waals surface area contributed by atoms with E-state index in [9.17, 15) is 9.59 Å². The van der Waals surface area contributed by atoms with Crippen LogP contribution in [-0.4, -0.2) is 67.9 Å². The van der Waals surface area contributed by atoms with E-state index in [1.165, 1.54) is 0 Å². The molecule has 0 bridgehead atoms. The van der Waals surface area contributed by atoms with Gasteiger partial charge in [0.25, 0.3) is 5.91 Å². The van der Waals surface area contributed by atoms with Gasteiger partial charge in [0.15, 0.2) is 0 Å². The topological polar surface area (TPSA) is 92.8 Å². The van der Waals surface area contributed by atoms with Gasteiger partial charge in [-0.3, -0.25) is 4.79 Å². The van der Waals surface area contributed by atoms with Crippen molar-refractivity contribution in [2.24, 2.45) is 0 Å². The van der Waals surface area contributed by atoms with Crippen LogP contribution in [0.2, 0.25) is 0 Å². The van der Waals surface area contributed by atoms with Crippen molar-refractivity contribution in [3.63, 3.8) is 0 Å². The molecule has 1 aromatic heterocycles. The van der Waals surface area contributed by atoms with Crippen LogP contribution in [0.1, 0.15) is 36.5 Å². The van der Waals surface area contributed by atoms with E-state index in [1.54, 1.807) is 37.3 Å². The molecule has 1 fully saturated rings. The minimum atomic E-state index is -0.282. The number of piperidine rings is 1. The van der Waals surface area contributed by atoms with Crippen molar-refractivity contribution in [3.8, 4) is 0 Å². The zero-order valence-electron chi connectivity index (χ0n) is 15.5. The van der Waals surface area contributed by atoms with Gasteiger partial charge in [-0.2, -0.15) is 0 Å². The Hall–Kier alpha value is -2.35. The van der Waals surface area contributed by atoms with Gasteiger partial charge in [-0.25, -0.2) is 9.78 Å². The number of aromatic nitrogens is 1. The van der Waals surface area contributed by atoms with E-state index in [2.05, 4.69) is 15.6 Å². The van der Waals surface area contributed by atoms with Gasteiger partial charge in [-0.15, -0.1) is 0 Å². The maximum Gasteiger partial charge on any atom is 0.409 e. The second-order valence-corrected chi connectivity index (χ2v) is 6.14. The van der Waals surface area contributed by atoms with Gasteiger partial charge >= 0.3 is 6.09 Å². The number of hydrogen-bond donors (Lipinski definition) is 2. The van der Waals surface area contributed by atoms with E-state index >= 15 is 0 Å². The molecule has 2 N–H and O–H groups in total. The van der Waals surface area contributed by atoms with Crippen LogP contribution in [0.5, 0.6) is 0 Å². The van der Waals surface area contributed by atoms with Crippen molar-refractivity contribution in [1.29, 1.82) is 0 Å². The summed E-state index contributed by atoms with van der Waals surface area (Å²) in [5, 5.41) is 6.19. The molecule has 0 spiro atoms. The van der Waals surface area contributed by atoms with Gasteiger partial charge < -0.3 is 25.0 Å². The van der Waals surface area contributed by atoms with Crippen molar-refractivity contribution in [2.75, 3.05) is 45.3 Å². The molecule has 144 valence electrons. The van der Waals surface area contributed by atoms with Crippen molar-refractivity contribution in [2.45, 2.75) is 32.2 Å². The Bertz CT molecular complexity index is 571. The molecular formula is C18H28N4O4. The van der Waals surface area contributed by atoms with Crippen LogP contribution >= 0.6 is 0 Å². The molecule has 8 nitrogen and oxygen atoms in total. The van der Waals surface area contributed by atoms with E-state index in [4.69, 9.17) is 9.47 Å². The third-order valence-corrected chi connectivity index (χ3v) is 4.21. The Kier molecular flexibility index (Phi) is 8.14. The molecule has 1 aromatic rings. The third kappa shape index (κ3) is 6.18. The average molecular weight is 364 g/mol.